The minimum Gasteiger partial charge on any atom is -0.497 e. The van der Waals surface area contributed by atoms with Crippen LogP contribution in [0.25, 0.3) is 0 Å². The van der Waals surface area contributed by atoms with Crippen LogP contribution in [0.4, 0.5) is 4.79 Å². The first-order chi connectivity index (χ1) is 16.5. The molecule has 1 aliphatic heterocycles. The smallest absolute Gasteiger partial charge is 0.410 e. The van der Waals surface area contributed by atoms with Gasteiger partial charge in [-0.1, -0.05) is 42.5 Å². The van der Waals surface area contributed by atoms with E-state index in [0.717, 1.165) is 16.0 Å². The lowest BCUT2D eigenvalue weighted by atomic mass is 9.95. The number of ether oxygens (including phenoxy) is 3. The van der Waals surface area contributed by atoms with E-state index in [9.17, 15) is 19.5 Å². The summed E-state index contributed by atoms with van der Waals surface area (Å²) in [6.07, 6.45) is -0.938. The summed E-state index contributed by atoms with van der Waals surface area (Å²) >= 11 is 0. The zero-order valence-electron chi connectivity index (χ0n) is 20.4. The van der Waals surface area contributed by atoms with E-state index in [1.165, 1.54) is 0 Å². The lowest BCUT2D eigenvalue weighted by molar-refractivity contribution is -0.159. The maximum Gasteiger partial charge on any atom is 0.410 e. The van der Waals surface area contributed by atoms with Crippen LogP contribution >= 0.6 is 0 Å². The predicted molar refractivity (Wildman–Crippen MR) is 128 cm³/mol. The van der Waals surface area contributed by atoms with Crippen molar-refractivity contribution >= 4 is 18.0 Å². The molecule has 0 bridgehead atoms. The van der Waals surface area contributed by atoms with Crippen LogP contribution in [-0.4, -0.2) is 58.9 Å². The summed E-state index contributed by atoms with van der Waals surface area (Å²) in [6, 6.07) is 15.2. The molecule has 35 heavy (non-hydrogen) atoms. The molecule has 2 aromatic carbocycles. The summed E-state index contributed by atoms with van der Waals surface area (Å²) < 4.78 is 16.1. The molecular formula is C26H32N2O7. The Kier molecular flexibility index (Phi) is 8.01. The third kappa shape index (κ3) is 6.73. The van der Waals surface area contributed by atoms with E-state index < -0.39 is 35.2 Å². The van der Waals surface area contributed by atoms with Gasteiger partial charge < -0.3 is 19.3 Å². The van der Waals surface area contributed by atoms with Crippen LogP contribution in [0.3, 0.4) is 0 Å². The van der Waals surface area contributed by atoms with Gasteiger partial charge in [0.1, 0.15) is 29.5 Å². The highest BCUT2D eigenvalue weighted by Gasteiger charge is 2.54. The summed E-state index contributed by atoms with van der Waals surface area (Å²) in [6.45, 7) is 5.09. The van der Waals surface area contributed by atoms with E-state index in [1.54, 1.807) is 52.1 Å². The normalized spacial score (nSPS) is 19.8. The molecule has 1 aliphatic rings. The number of nitrogens with zero attached hydrogens (tertiary/aromatic N) is 1. The largest absolute Gasteiger partial charge is 0.497 e. The van der Waals surface area contributed by atoms with Crippen molar-refractivity contribution in [2.24, 2.45) is 0 Å². The van der Waals surface area contributed by atoms with Crippen LogP contribution in [0.5, 0.6) is 5.75 Å². The molecule has 2 aromatic rings. The summed E-state index contributed by atoms with van der Waals surface area (Å²) in [7, 11) is 1.56. The van der Waals surface area contributed by atoms with Crippen molar-refractivity contribution in [2.75, 3.05) is 13.7 Å². The Morgan fingerprint density at radius 1 is 1.06 bits per heavy atom. The zero-order chi connectivity index (χ0) is 25.6. The molecule has 9 heteroatoms. The highest BCUT2D eigenvalue weighted by molar-refractivity contribution is 5.88. The van der Waals surface area contributed by atoms with Gasteiger partial charge in [0, 0.05) is 13.0 Å². The monoisotopic (exact) mass is 484 g/mol. The molecule has 0 radical (unpaired) electrons. The molecule has 9 nitrogen and oxygen atoms in total. The molecule has 1 amide bonds. The molecular weight excluding hydrogens is 452 g/mol. The molecule has 0 aromatic heterocycles. The Hall–Kier alpha value is -3.59. The van der Waals surface area contributed by atoms with Crippen LogP contribution in [0, 0.1) is 0 Å². The number of benzene rings is 2. The van der Waals surface area contributed by atoms with E-state index in [1.807, 2.05) is 30.3 Å². The third-order valence-electron chi connectivity index (χ3n) is 5.68. The first-order valence-corrected chi connectivity index (χ1v) is 11.3. The maximum absolute atomic E-state index is 13.0. The summed E-state index contributed by atoms with van der Waals surface area (Å²) in [5, 5.41) is 13.2. The Morgan fingerprint density at radius 3 is 2.29 bits per heavy atom. The number of carboxylic acids is 1. The number of amides is 1. The number of esters is 1. The SMILES string of the molecule is COc1ccc(CN[C@@]2(C(=O)O)C[C@@H](C(=O)OC(C)(C)C)N(C(=O)OCc3ccccc3)C2)cc1. The molecule has 0 saturated carbocycles. The van der Waals surface area contributed by atoms with Crippen LogP contribution in [0.2, 0.25) is 0 Å². The van der Waals surface area contributed by atoms with Crippen LogP contribution < -0.4 is 10.1 Å². The van der Waals surface area contributed by atoms with Crippen molar-refractivity contribution in [3.05, 3.63) is 65.7 Å². The molecule has 3 rings (SSSR count). The molecule has 0 aliphatic carbocycles. The fourth-order valence-corrected chi connectivity index (χ4v) is 3.85. The van der Waals surface area contributed by atoms with Crippen molar-refractivity contribution in [2.45, 2.75) is 57.5 Å². The summed E-state index contributed by atoms with van der Waals surface area (Å²) in [5.74, 6) is -1.17. The third-order valence-corrected chi connectivity index (χ3v) is 5.68. The molecule has 0 spiro atoms. The van der Waals surface area contributed by atoms with Gasteiger partial charge in [-0.2, -0.15) is 0 Å². The second-order valence-corrected chi connectivity index (χ2v) is 9.51. The van der Waals surface area contributed by atoms with Gasteiger partial charge in [-0.25, -0.2) is 9.59 Å². The molecule has 1 saturated heterocycles. The van der Waals surface area contributed by atoms with Crippen LogP contribution in [-0.2, 0) is 32.2 Å². The number of hydrogen-bond acceptors (Lipinski definition) is 7. The van der Waals surface area contributed by atoms with E-state index in [0.29, 0.717) is 5.75 Å². The molecule has 2 atom stereocenters. The Morgan fingerprint density at radius 2 is 1.71 bits per heavy atom. The molecule has 1 heterocycles. The minimum absolute atomic E-state index is 0.00341. The second kappa shape index (κ2) is 10.8. The second-order valence-electron chi connectivity index (χ2n) is 9.51. The molecule has 1 fully saturated rings. The fourth-order valence-electron chi connectivity index (χ4n) is 3.85. The first kappa shape index (κ1) is 26.0. The number of likely N-dealkylation sites (tertiary alicyclic amines) is 1. The van der Waals surface area contributed by atoms with Crippen LogP contribution in [0.15, 0.2) is 54.6 Å². The minimum atomic E-state index is -1.56. The number of rotatable bonds is 8. The highest BCUT2D eigenvalue weighted by Crippen LogP contribution is 2.31. The van der Waals surface area contributed by atoms with E-state index >= 15 is 0 Å². The van der Waals surface area contributed by atoms with Crippen molar-refractivity contribution in [1.29, 1.82) is 0 Å². The maximum atomic E-state index is 13.0. The average molecular weight is 485 g/mol. The first-order valence-electron chi connectivity index (χ1n) is 11.3. The number of carbonyl (C=O) groups excluding carboxylic acids is 2. The number of carboxylic acid groups (broad SMARTS) is 1. The van der Waals surface area contributed by atoms with E-state index in [-0.39, 0.29) is 26.1 Å². The number of aliphatic carboxylic acids is 1. The van der Waals surface area contributed by atoms with Gasteiger partial charge in [-0.15, -0.1) is 0 Å². The molecule has 2 N–H and O–H groups in total. The van der Waals surface area contributed by atoms with Gasteiger partial charge in [0.05, 0.1) is 13.7 Å². The van der Waals surface area contributed by atoms with Crippen molar-refractivity contribution in [1.82, 2.24) is 10.2 Å². The predicted octanol–water partition coefficient (Wildman–Crippen LogP) is 3.36. The highest BCUT2D eigenvalue weighted by atomic mass is 16.6. The Bertz CT molecular complexity index is 1030. The van der Waals surface area contributed by atoms with Gasteiger partial charge in [0.2, 0.25) is 0 Å². The number of carbonyl (C=O) groups is 3. The number of methoxy groups -OCH3 is 1. The van der Waals surface area contributed by atoms with Gasteiger partial charge in [0.15, 0.2) is 0 Å². The average Bonchev–Trinajstić information content (AvgIpc) is 3.23. The fraction of sp³-hybridized carbons (Fsp3) is 0.423. The lowest BCUT2D eigenvalue weighted by Crippen LogP contribution is -2.54. The van der Waals surface area contributed by atoms with E-state index in [4.69, 9.17) is 14.2 Å². The van der Waals surface area contributed by atoms with E-state index in [2.05, 4.69) is 5.32 Å². The summed E-state index contributed by atoms with van der Waals surface area (Å²) in [4.78, 5) is 39.6. The topological polar surface area (TPSA) is 114 Å². The Balaban J connectivity index is 1.80. The standard InChI is InChI=1S/C26H32N2O7/c1-25(2,3)35-22(29)21-14-26(23(30)31,27-15-18-10-12-20(33-4)13-11-18)17-28(21)24(32)34-16-19-8-6-5-7-9-19/h5-13,21,27H,14-17H2,1-4H3,(H,30,31)/t21-,26-/m0/s1. The summed E-state index contributed by atoms with van der Waals surface area (Å²) in [5.41, 5.74) is -0.768. The number of hydrogen-bond donors (Lipinski definition) is 2. The van der Waals surface area contributed by atoms with Gasteiger partial charge in [0.25, 0.3) is 0 Å². The quantitative estimate of drug-likeness (QED) is 0.548. The lowest BCUT2D eigenvalue weighted by Gasteiger charge is -2.26. The van der Waals surface area contributed by atoms with Crippen molar-refractivity contribution in [3.8, 4) is 5.75 Å². The zero-order valence-corrected chi connectivity index (χ0v) is 20.4. The number of nitrogens with one attached hydrogen (secondary N) is 1. The van der Waals surface area contributed by atoms with Crippen LogP contribution in [0.1, 0.15) is 38.3 Å². The Labute approximate surface area is 205 Å². The van der Waals surface area contributed by atoms with Gasteiger partial charge in [-0.3, -0.25) is 15.0 Å². The van der Waals surface area contributed by atoms with Crippen molar-refractivity contribution in [3.63, 3.8) is 0 Å². The molecule has 188 valence electrons. The molecule has 0 unspecified atom stereocenters. The van der Waals surface area contributed by atoms with Gasteiger partial charge >= 0.3 is 18.0 Å². The van der Waals surface area contributed by atoms with Gasteiger partial charge in [-0.05, 0) is 44.0 Å². The van der Waals surface area contributed by atoms with Crippen molar-refractivity contribution < 1.29 is 33.7 Å².